The van der Waals surface area contributed by atoms with E-state index in [1.165, 1.54) is 12.1 Å². The molecule has 0 saturated heterocycles. The van der Waals surface area contributed by atoms with Crippen LogP contribution in [0.25, 0.3) is 0 Å². The minimum Gasteiger partial charge on any atom is -0.251 e. The first-order chi connectivity index (χ1) is 7.20. The predicted molar refractivity (Wildman–Crippen MR) is 59.5 cm³/mol. The summed E-state index contributed by atoms with van der Waals surface area (Å²) in [5, 5.41) is 0. The van der Waals surface area contributed by atoms with Crippen molar-refractivity contribution in [1.29, 1.82) is 0 Å². The van der Waals surface area contributed by atoms with Crippen LogP contribution in [0.5, 0.6) is 0 Å². The van der Waals surface area contributed by atoms with E-state index in [4.69, 9.17) is 0 Å². The molecule has 86 valence electrons. The van der Waals surface area contributed by atoms with Crippen LogP contribution in [0.2, 0.25) is 19.6 Å². The summed E-state index contributed by atoms with van der Waals surface area (Å²) in [4.78, 5) is 3.34. The van der Waals surface area contributed by atoms with Gasteiger partial charge in [-0.25, -0.2) is 0 Å². The topological polar surface area (TPSA) is 12.9 Å². The zero-order valence-corrected chi connectivity index (χ0v) is 10.3. The molecule has 0 amide bonds. The first-order valence-electron chi connectivity index (χ1n) is 4.75. The fourth-order valence-electron chi connectivity index (χ4n) is 0.987. The maximum Gasteiger partial charge on any atom is 0.434 e. The first kappa shape index (κ1) is 12.8. The highest BCUT2D eigenvalue weighted by atomic mass is 28.3. The highest BCUT2D eigenvalue weighted by Crippen LogP contribution is 2.29. The molecule has 1 nitrogen and oxygen atoms in total. The Bertz CT molecular complexity index is 435. The largest absolute Gasteiger partial charge is 0.434 e. The molecular weight excluding hydrogens is 231 g/mol. The van der Waals surface area contributed by atoms with Crippen molar-refractivity contribution in [2.75, 3.05) is 0 Å². The van der Waals surface area contributed by atoms with Crippen molar-refractivity contribution in [2.45, 2.75) is 25.8 Å². The summed E-state index contributed by atoms with van der Waals surface area (Å²) in [5.74, 6) is 2.59. The number of hydrogen-bond acceptors (Lipinski definition) is 1. The molecular formula is C11H12F3NSi. The molecule has 0 N–H and O–H groups in total. The van der Waals surface area contributed by atoms with Crippen LogP contribution in [0.1, 0.15) is 11.3 Å². The van der Waals surface area contributed by atoms with Crippen LogP contribution < -0.4 is 0 Å². The van der Waals surface area contributed by atoms with E-state index in [-0.39, 0.29) is 5.56 Å². The Labute approximate surface area is 93.7 Å². The summed E-state index contributed by atoms with van der Waals surface area (Å²) in [5.41, 5.74) is 1.95. The van der Waals surface area contributed by atoms with Gasteiger partial charge in [0.25, 0.3) is 0 Å². The maximum absolute atomic E-state index is 12.5. The Morgan fingerprint density at radius 1 is 1.25 bits per heavy atom. The van der Waals surface area contributed by atoms with E-state index in [1.54, 1.807) is 0 Å². The average Bonchev–Trinajstić information content (AvgIpc) is 2.12. The molecule has 0 aromatic carbocycles. The highest BCUT2D eigenvalue weighted by molar-refractivity contribution is 6.83. The second kappa shape index (κ2) is 4.30. The van der Waals surface area contributed by atoms with Gasteiger partial charge in [0.05, 0.1) is 5.56 Å². The Hall–Kier alpha value is -1.28. The van der Waals surface area contributed by atoms with Crippen molar-refractivity contribution >= 4 is 8.07 Å². The number of halogens is 3. The van der Waals surface area contributed by atoms with E-state index in [0.717, 1.165) is 6.20 Å². The minimum atomic E-state index is -4.44. The molecule has 0 aliphatic rings. The summed E-state index contributed by atoms with van der Waals surface area (Å²) < 4.78 is 37.6. The molecule has 1 rings (SSSR count). The van der Waals surface area contributed by atoms with E-state index in [2.05, 4.69) is 16.4 Å². The maximum atomic E-state index is 12.5. The van der Waals surface area contributed by atoms with E-state index < -0.39 is 19.9 Å². The minimum absolute atomic E-state index is 0.0441. The van der Waals surface area contributed by atoms with Crippen molar-refractivity contribution in [3.63, 3.8) is 0 Å². The van der Waals surface area contributed by atoms with Crippen LogP contribution in [-0.4, -0.2) is 13.1 Å². The number of alkyl halides is 3. The zero-order chi connectivity index (χ0) is 12.4. The van der Waals surface area contributed by atoms with Gasteiger partial charge in [0.15, 0.2) is 5.69 Å². The Balaban J connectivity index is 3.19. The molecule has 0 aliphatic heterocycles. The molecule has 0 atom stereocenters. The van der Waals surface area contributed by atoms with Gasteiger partial charge in [0.2, 0.25) is 0 Å². The summed E-state index contributed by atoms with van der Waals surface area (Å²) in [6.07, 6.45) is -3.31. The van der Waals surface area contributed by atoms with Gasteiger partial charge in [0.1, 0.15) is 8.07 Å². The summed E-state index contributed by atoms with van der Waals surface area (Å²) in [7, 11) is -1.68. The van der Waals surface area contributed by atoms with Gasteiger partial charge in [0, 0.05) is 6.20 Å². The lowest BCUT2D eigenvalue weighted by Crippen LogP contribution is -2.17. The summed E-state index contributed by atoms with van der Waals surface area (Å²) in [6.45, 7) is 5.93. The normalized spacial score (nSPS) is 11.9. The fourth-order valence-corrected chi connectivity index (χ4v) is 1.50. The number of aromatic nitrogens is 1. The van der Waals surface area contributed by atoms with E-state index in [9.17, 15) is 13.2 Å². The Kier molecular flexibility index (Phi) is 3.43. The van der Waals surface area contributed by atoms with Crippen molar-refractivity contribution < 1.29 is 13.2 Å². The van der Waals surface area contributed by atoms with Gasteiger partial charge in [-0.15, -0.1) is 5.54 Å². The lowest BCUT2D eigenvalue weighted by molar-refractivity contribution is -0.141. The molecule has 0 saturated carbocycles. The SMILES string of the molecule is C[Si](C)(C)C#Cc1cccnc1C(F)(F)F. The molecule has 5 heteroatoms. The third kappa shape index (κ3) is 3.70. The van der Waals surface area contributed by atoms with Crippen LogP contribution in [0.3, 0.4) is 0 Å². The average molecular weight is 243 g/mol. The van der Waals surface area contributed by atoms with Gasteiger partial charge in [-0.3, -0.25) is 4.98 Å². The summed E-state index contributed by atoms with van der Waals surface area (Å²) >= 11 is 0. The van der Waals surface area contributed by atoms with Crippen LogP contribution in [-0.2, 0) is 6.18 Å². The van der Waals surface area contributed by atoms with Crippen molar-refractivity contribution in [1.82, 2.24) is 4.98 Å². The third-order valence-electron chi connectivity index (χ3n) is 1.65. The van der Waals surface area contributed by atoms with Crippen LogP contribution >= 0.6 is 0 Å². The van der Waals surface area contributed by atoms with Gasteiger partial charge < -0.3 is 0 Å². The quantitative estimate of drug-likeness (QED) is 0.503. The smallest absolute Gasteiger partial charge is 0.251 e. The van der Waals surface area contributed by atoms with Gasteiger partial charge in [-0.05, 0) is 12.1 Å². The predicted octanol–water partition coefficient (Wildman–Crippen LogP) is 3.33. The number of nitrogens with zero attached hydrogens (tertiary/aromatic N) is 1. The highest BCUT2D eigenvalue weighted by Gasteiger charge is 2.34. The third-order valence-corrected chi connectivity index (χ3v) is 2.52. The number of hydrogen-bond donors (Lipinski definition) is 0. The Morgan fingerprint density at radius 3 is 2.38 bits per heavy atom. The number of pyridine rings is 1. The van der Waals surface area contributed by atoms with Gasteiger partial charge in [-0.1, -0.05) is 25.6 Å². The number of rotatable bonds is 0. The van der Waals surface area contributed by atoms with E-state index >= 15 is 0 Å². The van der Waals surface area contributed by atoms with Crippen LogP contribution in [0.4, 0.5) is 13.2 Å². The molecule has 0 radical (unpaired) electrons. The van der Waals surface area contributed by atoms with Gasteiger partial charge >= 0.3 is 6.18 Å². The molecule has 0 bridgehead atoms. The lowest BCUT2D eigenvalue weighted by atomic mass is 10.2. The monoisotopic (exact) mass is 243 g/mol. The first-order valence-corrected chi connectivity index (χ1v) is 8.25. The molecule has 1 heterocycles. The van der Waals surface area contributed by atoms with Crippen LogP contribution in [0.15, 0.2) is 18.3 Å². The van der Waals surface area contributed by atoms with Crippen LogP contribution in [0, 0.1) is 11.5 Å². The standard InChI is InChI=1S/C11H12F3NSi/c1-16(2,3)8-6-9-5-4-7-15-10(9)11(12,13)14/h4-5,7H,1-3H3. The van der Waals surface area contributed by atoms with Crippen molar-refractivity contribution in [2.24, 2.45) is 0 Å². The molecule has 1 aromatic rings. The Morgan fingerprint density at radius 2 is 1.88 bits per heavy atom. The lowest BCUT2D eigenvalue weighted by Gasteiger charge is -2.08. The summed E-state index contributed by atoms with van der Waals surface area (Å²) in [6, 6.07) is 2.81. The molecule has 0 aliphatic carbocycles. The molecule has 1 aromatic heterocycles. The molecule has 0 unspecified atom stereocenters. The molecule has 0 fully saturated rings. The second-order valence-electron chi connectivity index (χ2n) is 4.40. The van der Waals surface area contributed by atoms with Gasteiger partial charge in [-0.2, -0.15) is 13.2 Å². The van der Waals surface area contributed by atoms with E-state index in [1.807, 2.05) is 19.6 Å². The van der Waals surface area contributed by atoms with E-state index in [0.29, 0.717) is 0 Å². The van der Waals surface area contributed by atoms with Crippen molar-refractivity contribution in [3.8, 4) is 11.5 Å². The van der Waals surface area contributed by atoms with Crippen molar-refractivity contribution in [3.05, 3.63) is 29.6 Å². The second-order valence-corrected chi connectivity index (χ2v) is 9.15. The fraction of sp³-hybridized carbons (Fsp3) is 0.364. The molecule has 0 spiro atoms. The zero-order valence-electron chi connectivity index (χ0n) is 9.31. The molecule has 16 heavy (non-hydrogen) atoms.